The Bertz CT molecular complexity index is 596. The van der Waals surface area contributed by atoms with Crippen molar-refractivity contribution in [3.8, 4) is 10.6 Å². The minimum Gasteiger partial charge on any atom is -0.312 e. The lowest BCUT2D eigenvalue weighted by atomic mass is 10.1. The summed E-state index contributed by atoms with van der Waals surface area (Å²) >= 11 is 7.49. The molecule has 1 heterocycles. The maximum atomic E-state index is 13.9. The molecule has 0 amide bonds. The summed E-state index contributed by atoms with van der Waals surface area (Å²) in [7, 11) is 0. The van der Waals surface area contributed by atoms with Crippen LogP contribution in [0.1, 0.15) is 37.3 Å². The third-order valence-corrected chi connectivity index (χ3v) is 4.31. The molecule has 0 atom stereocenters. The Morgan fingerprint density at radius 1 is 1.40 bits per heavy atom. The molecule has 0 saturated heterocycles. The highest BCUT2D eigenvalue weighted by Gasteiger charge is 2.17. The summed E-state index contributed by atoms with van der Waals surface area (Å²) in [4.78, 5) is 5.78. The predicted molar refractivity (Wildman–Crippen MR) is 84.0 cm³/mol. The second kappa shape index (κ2) is 6.66. The second-order valence-electron chi connectivity index (χ2n) is 4.89. The molecule has 0 aliphatic rings. The average molecular weight is 313 g/mol. The van der Waals surface area contributed by atoms with Gasteiger partial charge < -0.3 is 5.32 Å². The van der Waals surface area contributed by atoms with Gasteiger partial charge in [0, 0.05) is 22.0 Å². The van der Waals surface area contributed by atoms with Crippen molar-refractivity contribution in [3.05, 3.63) is 39.6 Å². The molecule has 0 aliphatic carbocycles. The van der Waals surface area contributed by atoms with E-state index in [2.05, 4.69) is 31.1 Å². The lowest BCUT2D eigenvalue weighted by Crippen LogP contribution is -2.12. The highest BCUT2D eigenvalue weighted by Crippen LogP contribution is 2.34. The normalized spacial score (nSPS) is 11.3. The fraction of sp³-hybridized carbons (Fsp3) is 0.400. The van der Waals surface area contributed by atoms with Crippen molar-refractivity contribution in [2.75, 3.05) is 6.54 Å². The summed E-state index contributed by atoms with van der Waals surface area (Å²) in [5, 5.41) is 4.52. The molecule has 108 valence electrons. The van der Waals surface area contributed by atoms with E-state index in [0.717, 1.165) is 23.7 Å². The second-order valence-corrected chi connectivity index (χ2v) is 6.41. The van der Waals surface area contributed by atoms with Crippen LogP contribution < -0.4 is 5.32 Å². The standard InChI is InChI=1S/C15H18ClFN2S/c1-4-18-8-13-14(9(2)3)19-15(20-13)11-7-10(16)5-6-12(11)17/h5-7,9,18H,4,8H2,1-3H3. The van der Waals surface area contributed by atoms with Crippen LogP contribution in [-0.4, -0.2) is 11.5 Å². The third-order valence-electron chi connectivity index (χ3n) is 2.97. The van der Waals surface area contributed by atoms with Gasteiger partial charge >= 0.3 is 0 Å². The van der Waals surface area contributed by atoms with Gasteiger partial charge in [-0.1, -0.05) is 32.4 Å². The first-order valence-electron chi connectivity index (χ1n) is 6.68. The summed E-state index contributed by atoms with van der Waals surface area (Å²) < 4.78 is 13.9. The number of thiazole rings is 1. The molecule has 5 heteroatoms. The van der Waals surface area contributed by atoms with Crippen LogP contribution in [-0.2, 0) is 6.54 Å². The van der Waals surface area contributed by atoms with Crippen molar-refractivity contribution >= 4 is 22.9 Å². The lowest BCUT2D eigenvalue weighted by Gasteiger charge is -2.04. The number of benzene rings is 1. The Kier molecular flexibility index (Phi) is 5.13. The first-order valence-corrected chi connectivity index (χ1v) is 7.88. The molecule has 0 radical (unpaired) electrons. The molecule has 2 nitrogen and oxygen atoms in total. The van der Waals surface area contributed by atoms with Crippen LogP contribution in [0.15, 0.2) is 18.2 Å². The number of hydrogen-bond acceptors (Lipinski definition) is 3. The minimum absolute atomic E-state index is 0.284. The van der Waals surface area contributed by atoms with Crippen molar-refractivity contribution in [3.63, 3.8) is 0 Å². The van der Waals surface area contributed by atoms with Gasteiger partial charge in [0.05, 0.1) is 5.69 Å². The summed E-state index contributed by atoms with van der Waals surface area (Å²) in [6, 6.07) is 4.58. The Balaban J connectivity index is 2.44. The first-order chi connectivity index (χ1) is 9.52. The summed E-state index contributed by atoms with van der Waals surface area (Å²) in [5.41, 5.74) is 1.51. The maximum absolute atomic E-state index is 13.9. The molecule has 2 aromatic rings. The number of halogens is 2. The van der Waals surface area contributed by atoms with Crippen molar-refractivity contribution in [2.45, 2.75) is 33.2 Å². The van der Waals surface area contributed by atoms with Crippen molar-refractivity contribution in [2.24, 2.45) is 0 Å². The minimum atomic E-state index is -0.284. The zero-order valence-corrected chi connectivity index (χ0v) is 13.4. The molecular weight excluding hydrogens is 295 g/mol. The van der Waals surface area contributed by atoms with Gasteiger partial charge in [-0.3, -0.25) is 0 Å². The Morgan fingerprint density at radius 2 is 2.15 bits per heavy atom. The molecular formula is C15H18ClFN2S. The van der Waals surface area contributed by atoms with Gasteiger partial charge in [-0.25, -0.2) is 9.37 Å². The van der Waals surface area contributed by atoms with Crippen LogP contribution >= 0.6 is 22.9 Å². The van der Waals surface area contributed by atoms with Gasteiger partial charge in [0.25, 0.3) is 0 Å². The number of rotatable bonds is 5. The van der Waals surface area contributed by atoms with Gasteiger partial charge in [-0.05, 0) is 30.7 Å². The SMILES string of the molecule is CCNCc1sc(-c2cc(Cl)ccc2F)nc1C(C)C. The number of aromatic nitrogens is 1. The largest absolute Gasteiger partial charge is 0.312 e. The zero-order chi connectivity index (χ0) is 14.7. The lowest BCUT2D eigenvalue weighted by molar-refractivity contribution is 0.631. The number of hydrogen-bond donors (Lipinski definition) is 1. The van der Waals surface area contributed by atoms with E-state index < -0.39 is 0 Å². The van der Waals surface area contributed by atoms with Gasteiger partial charge in [-0.15, -0.1) is 11.3 Å². The fourth-order valence-electron chi connectivity index (χ4n) is 1.96. The van der Waals surface area contributed by atoms with E-state index in [1.165, 1.54) is 17.4 Å². The van der Waals surface area contributed by atoms with Gasteiger partial charge in [0.1, 0.15) is 10.8 Å². The molecule has 1 aromatic heterocycles. The molecule has 0 aliphatic heterocycles. The van der Waals surface area contributed by atoms with Crippen molar-refractivity contribution in [1.82, 2.24) is 10.3 Å². The summed E-state index contributed by atoms with van der Waals surface area (Å²) in [6.07, 6.45) is 0. The van der Waals surface area contributed by atoms with Crippen molar-refractivity contribution in [1.29, 1.82) is 0 Å². The molecule has 0 unspecified atom stereocenters. The fourth-order valence-corrected chi connectivity index (χ4v) is 3.33. The topological polar surface area (TPSA) is 24.9 Å². The summed E-state index contributed by atoms with van der Waals surface area (Å²) in [5.74, 6) is 0.0318. The molecule has 2 rings (SSSR count). The summed E-state index contributed by atoms with van der Waals surface area (Å²) in [6.45, 7) is 7.93. The monoisotopic (exact) mass is 312 g/mol. The highest BCUT2D eigenvalue weighted by molar-refractivity contribution is 7.15. The van der Waals surface area contributed by atoms with Gasteiger partial charge in [-0.2, -0.15) is 0 Å². The molecule has 0 spiro atoms. The van der Waals surface area contributed by atoms with Crippen LogP contribution in [0.25, 0.3) is 10.6 Å². The van der Waals surface area contributed by atoms with E-state index in [0.29, 0.717) is 21.5 Å². The first kappa shape index (κ1) is 15.4. The molecule has 1 aromatic carbocycles. The van der Waals surface area contributed by atoms with E-state index >= 15 is 0 Å². The van der Waals surface area contributed by atoms with Crippen LogP contribution in [0.3, 0.4) is 0 Å². The average Bonchev–Trinajstić information content (AvgIpc) is 2.83. The third kappa shape index (κ3) is 3.37. The van der Waals surface area contributed by atoms with Crippen LogP contribution in [0.2, 0.25) is 5.02 Å². The Hall–Kier alpha value is -0.970. The Labute approximate surface area is 128 Å². The van der Waals surface area contributed by atoms with E-state index in [-0.39, 0.29) is 5.82 Å². The smallest absolute Gasteiger partial charge is 0.133 e. The maximum Gasteiger partial charge on any atom is 0.133 e. The van der Waals surface area contributed by atoms with E-state index in [1.54, 1.807) is 12.1 Å². The molecule has 20 heavy (non-hydrogen) atoms. The van der Waals surface area contributed by atoms with Crippen molar-refractivity contribution < 1.29 is 4.39 Å². The molecule has 0 bridgehead atoms. The number of nitrogens with zero attached hydrogens (tertiary/aromatic N) is 1. The van der Waals surface area contributed by atoms with Gasteiger partial charge in [0.2, 0.25) is 0 Å². The highest BCUT2D eigenvalue weighted by atomic mass is 35.5. The van der Waals surface area contributed by atoms with Gasteiger partial charge in [0.15, 0.2) is 0 Å². The van der Waals surface area contributed by atoms with Crippen LogP contribution in [0.4, 0.5) is 4.39 Å². The predicted octanol–water partition coefficient (Wildman–Crippen LogP) is 4.84. The van der Waals surface area contributed by atoms with E-state index in [9.17, 15) is 4.39 Å². The molecule has 0 saturated carbocycles. The van der Waals surface area contributed by atoms with Crippen LogP contribution in [0, 0.1) is 5.82 Å². The molecule has 0 fully saturated rings. The van der Waals surface area contributed by atoms with E-state index in [1.807, 2.05) is 0 Å². The Morgan fingerprint density at radius 3 is 2.80 bits per heavy atom. The molecule has 1 N–H and O–H groups in total. The van der Waals surface area contributed by atoms with Crippen LogP contribution in [0.5, 0.6) is 0 Å². The van der Waals surface area contributed by atoms with E-state index in [4.69, 9.17) is 11.6 Å². The zero-order valence-electron chi connectivity index (χ0n) is 11.8. The quantitative estimate of drug-likeness (QED) is 0.855. The number of nitrogens with one attached hydrogen (secondary N) is 1.